The highest BCUT2D eigenvalue weighted by atomic mass is 79.9. The maximum absolute atomic E-state index is 13.3. The van der Waals surface area contributed by atoms with E-state index in [0.29, 0.717) is 0 Å². The first kappa shape index (κ1) is 24.8. The molecule has 0 saturated heterocycles. The zero-order valence-corrected chi connectivity index (χ0v) is 26.0. The number of thiophene rings is 1. The second-order valence-electron chi connectivity index (χ2n) is 10.8. The van der Waals surface area contributed by atoms with Crippen LogP contribution in [0, 0.1) is 0 Å². The largest absolute Gasteiger partial charge is 0.455 e. The second kappa shape index (κ2) is 8.88. The Balaban J connectivity index is 1.51. The molecule has 0 fully saturated rings. The lowest BCUT2D eigenvalue weighted by Crippen LogP contribution is -2.27. The predicted molar refractivity (Wildman–Crippen MR) is 181 cm³/mol. The Hall–Kier alpha value is -3.74. The third kappa shape index (κ3) is 3.17. The normalized spacial score (nSPS) is 16.1. The first-order chi connectivity index (χ1) is 20.6. The highest BCUT2D eigenvalue weighted by Gasteiger charge is 2.48. The van der Waals surface area contributed by atoms with Gasteiger partial charge in [0.25, 0.3) is 0 Å². The third-order valence-corrected chi connectivity index (χ3v) is 11.1. The molecule has 9 rings (SSSR count). The summed E-state index contributed by atoms with van der Waals surface area (Å²) in [5, 5.41) is 17.8. The van der Waals surface area contributed by atoms with Gasteiger partial charge in [0, 0.05) is 67.7 Å². The minimum Gasteiger partial charge on any atom is -0.455 e. The van der Waals surface area contributed by atoms with Crippen molar-refractivity contribution < 1.29 is 9.52 Å². The fraction of sp³-hybridized carbons (Fsp3) is 0.0270. The zero-order chi connectivity index (χ0) is 28.2. The van der Waals surface area contributed by atoms with Gasteiger partial charge in [0.1, 0.15) is 16.8 Å². The molecule has 2 heterocycles. The standard InChI is InChI=1S/C37H20Br2O2S/c38-27-18-25-33(35-31(27)22-13-5-8-16-29(22)41-35)34-26(19-28(39)32-23-14-6-9-17-30(23)42-36(32)34)37(25,40)24-15-7-4-12-21(24)20-10-2-1-3-11-20/h1-19,40H. The molecule has 8 aromatic rings. The molecule has 1 N–H and O–H groups in total. The molecule has 0 bridgehead atoms. The molecular formula is C37H20Br2O2S. The van der Waals surface area contributed by atoms with Crippen molar-refractivity contribution in [3.05, 3.63) is 141 Å². The summed E-state index contributed by atoms with van der Waals surface area (Å²) in [6.07, 6.45) is 0. The van der Waals surface area contributed by atoms with E-state index in [-0.39, 0.29) is 0 Å². The molecule has 1 atom stereocenters. The van der Waals surface area contributed by atoms with Crippen LogP contribution in [0.15, 0.2) is 129 Å². The molecule has 1 aliphatic rings. The van der Waals surface area contributed by atoms with Crippen molar-refractivity contribution in [2.24, 2.45) is 0 Å². The first-order valence-corrected chi connectivity index (χ1v) is 16.1. The van der Waals surface area contributed by atoms with Gasteiger partial charge in [0.05, 0.1) is 0 Å². The fourth-order valence-corrected chi connectivity index (χ4v) is 9.55. The van der Waals surface area contributed by atoms with Crippen LogP contribution in [0.5, 0.6) is 0 Å². The van der Waals surface area contributed by atoms with Crippen LogP contribution >= 0.6 is 43.2 Å². The van der Waals surface area contributed by atoms with E-state index in [1.54, 1.807) is 11.3 Å². The van der Waals surface area contributed by atoms with E-state index in [1.807, 2.05) is 48.5 Å². The highest BCUT2D eigenvalue weighted by Crippen LogP contribution is 2.60. The summed E-state index contributed by atoms with van der Waals surface area (Å²) < 4.78 is 10.9. The number of halogens is 2. The van der Waals surface area contributed by atoms with Crippen molar-refractivity contribution in [3.8, 4) is 22.3 Å². The zero-order valence-electron chi connectivity index (χ0n) is 22.0. The SMILES string of the molecule is OC1(c2ccccc2-c2ccccc2)c2cc(Br)c3c(oc4ccccc43)c2-c2c1cc(Br)c1c2sc2ccccc21. The smallest absolute Gasteiger partial charge is 0.144 e. The molecule has 1 aliphatic carbocycles. The Morgan fingerprint density at radius 3 is 2.10 bits per heavy atom. The Morgan fingerprint density at radius 2 is 1.26 bits per heavy atom. The minimum absolute atomic E-state index is 0.788. The second-order valence-corrected chi connectivity index (χ2v) is 13.5. The van der Waals surface area contributed by atoms with E-state index in [4.69, 9.17) is 4.42 Å². The summed E-state index contributed by atoms with van der Waals surface area (Å²) in [5.74, 6) is 0. The first-order valence-electron chi connectivity index (χ1n) is 13.7. The summed E-state index contributed by atoms with van der Waals surface area (Å²) in [6, 6.07) is 39.4. The summed E-state index contributed by atoms with van der Waals surface area (Å²) in [6.45, 7) is 0. The molecule has 0 amide bonds. The summed E-state index contributed by atoms with van der Waals surface area (Å²) in [7, 11) is 0. The average Bonchev–Trinajstić information content (AvgIpc) is 3.68. The quantitative estimate of drug-likeness (QED) is 0.196. The molecule has 0 aliphatic heterocycles. The molecule has 0 spiro atoms. The van der Waals surface area contributed by atoms with Crippen LogP contribution in [-0.2, 0) is 5.60 Å². The maximum Gasteiger partial charge on any atom is 0.144 e. The third-order valence-electron chi connectivity index (χ3n) is 8.63. The van der Waals surface area contributed by atoms with Gasteiger partial charge >= 0.3 is 0 Å². The number of fused-ring (bicyclic) bond motifs is 11. The molecule has 42 heavy (non-hydrogen) atoms. The van der Waals surface area contributed by atoms with Crippen LogP contribution in [-0.4, -0.2) is 5.11 Å². The van der Waals surface area contributed by atoms with E-state index < -0.39 is 5.60 Å². The summed E-state index contributed by atoms with van der Waals surface area (Å²) >= 11 is 9.60. The molecule has 200 valence electrons. The van der Waals surface area contributed by atoms with Gasteiger partial charge in [-0.3, -0.25) is 0 Å². The van der Waals surface area contributed by atoms with Gasteiger partial charge in [-0.15, -0.1) is 11.3 Å². The van der Waals surface area contributed by atoms with Crippen LogP contribution in [0.3, 0.4) is 0 Å². The number of hydrogen-bond donors (Lipinski definition) is 1. The molecule has 2 aromatic heterocycles. The Kier molecular flexibility index (Phi) is 5.25. The Bertz CT molecular complexity index is 2280. The van der Waals surface area contributed by atoms with Crippen molar-refractivity contribution in [1.82, 2.24) is 0 Å². The number of para-hydroxylation sites is 1. The van der Waals surface area contributed by atoms with Crippen molar-refractivity contribution in [3.63, 3.8) is 0 Å². The molecule has 0 radical (unpaired) electrons. The van der Waals surface area contributed by atoms with E-state index in [0.717, 1.165) is 79.9 Å². The lowest BCUT2D eigenvalue weighted by atomic mass is 9.80. The predicted octanol–water partition coefficient (Wildman–Crippen LogP) is 11.4. The van der Waals surface area contributed by atoms with Gasteiger partial charge in [0.2, 0.25) is 0 Å². The van der Waals surface area contributed by atoms with Gasteiger partial charge in [-0.2, -0.15) is 0 Å². The number of aliphatic hydroxyl groups is 1. The molecule has 6 aromatic carbocycles. The fourth-order valence-electron chi connectivity index (χ4n) is 6.87. The van der Waals surface area contributed by atoms with Gasteiger partial charge in [0.15, 0.2) is 0 Å². The van der Waals surface area contributed by atoms with E-state index >= 15 is 0 Å². The topological polar surface area (TPSA) is 33.4 Å². The Morgan fingerprint density at radius 1 is 0.619 bits per heavy atom. The lowest BCUT2D eigenvalue weighted by molar-refractivity contribution is 0.131. The number of furan rings is 1. The monoisotopic (exact) mass is 686 g/mol. The number of rotatable bonds is 2. The number of benzene rings is 6. The van der Waals surface area contributed by atoms with E-state index in [2.05, 4.69) is 98.6 Å². The maximum atomic E-state index is 13.3. The van der Waals surface area contributed by atoms with Gasteiger partial charge in [-0.1, -0.05) is 107 Å². The van der Waals surface area contributed by atoms with Gasteiger partial charge in [-0.25, -0.2) is 0 Å². The molecule has 0 saturated carbocycles. The van der Waals surface area contributed by atoms with Gasteiger partial charge < -0.3 is 9.52 Å². The molecule has 1 unspecified atom stereocenters. The molecular weight excluding hydrogens is 668 g/mol. The lowest BCUT2D eigenvalue weighted by Gasteiger charge is -2.29. The molecule has 5 heteroatoms. The average molecular weight is 688 g/mol. The van der Waals surface area contributed by atoms with E-state index in [9.17, 15) is 5.11 Å². The van der Waals surface area contributed by atoms with Gasteiger partial charge in [-0.05, 0) is 51.3 Å². The van der Waals surface area contributed by atoms with Crippen LogP contribution in [0.25, 0.3) is 64.4 Å². The van der Waals surface area contributed by atoms with E-state index in [1.165, 1.54) is 10.1 Å². The van der Waals surface area contributed by atoms with Crippen molar-refractivity contribution in [1.29, 1.82) is 0 Å². The Labute approximate surface area is 262 Å². The van der Waals surface area contributed by atoms with Crippen molar-refractivity contribution >= 4 is 85.3 Å². The van der Waals surface area contributed by atoms with Crippen LogP contribution in [0.2, 0.25) is 0 Å². The van der Waals surface area contributed by atoms with Crippen molar-refractivity contribution in [2.45, 2.75) is 5.60 Å². The molecule has 2 nitrogen and oxygen atoms in total. The highest BCUT2D eigenvalue weighted by molar-refractivity contribution is 9.11. The summed E-state index contributed by atoms with van der Waals surface area (Å²) in [4.78, 5) is 0. The number of hydrogen-bond acceptors (Lipinski definition) is 3. The van der Waals surface area contributed by atoms with Crippen LogP contribution in [0.1, 0.15) is 16.7 Å². The van der Waals surface area contributed by atoms with Crippen LogP contribution in [0.4, 0.5) is 0 Å². The summed E-state index contributed by atoms with van der Waals surface area (Å²) in [5.41, 5.74) is 6.73. The van der Waals surface area contributed by atoms with Crippen molar-refractivity contribution in [2.75, 3.05) is 0 Å². The minimum atomic E-state index is -1.43. The van der Waals surface area contributed by atoms with Crippen LogP contribution < -0.4 is 0 Å².